The van der Waals surface area contributed by atoms with Gasteiger partial charge in [-0.25, -0.2) is 0 Å². The number of piperidine rings is 1. The van der Waals surface area contributed by atoms with Crippen molar-refractivity contribution in [1.82, 2.24) is 0 Å². The Morgan fingerprint density at radius 2 is 2.00 bits per heavy atom. The number of hydrogen-bond acceptors (Lipinski definition) is 3. The number of benzene rings is 1. The van der Waals surface area contributed by atoms with Crippen LogP contribution in [0.3, 0.4) is 0 Å². The average molecular weight is 283 g/mol. The van der Waals surface area contributed by atoms with Gasteiger partial charge < -0.3 is 4.90 Å². The van der Waals surface area contributed by atoms with Crippen LogP contribution in [-0.2, 0) is 0 Å². The van der Waals surface area contributed by atoms with Crippen molar-refractivity contribution in [1.29, 1.82) is 0 Å². The molecule has 1 aliphatic rings. The first-order valence-electron chi connectivity index (χ1n) is 6.68. The monoisotopic (exact) mass is 282 g/mol. The third kappa shape index (κ3) is 3.00. The zero-order valence-corrected chi connectivity index (χ0v) is 12.1. The van der Waals surface area contributed by atoms with E-state index in [2.05, 4.69) is 18.7 Å². The molecule has 0 saturated carbocycles. The number of halogens is 1. The van der Waals surface area contributed by atoms with Gasteiger partial charge in [0.05, 0.1) is 4.92 Å². The maximum Gasteiger partial charge on any atom is 0.310 e. The van der Waals surface area contributed by atoms with Crippen LogP contribution < -0.4 is 4.90 Å². The number of rotatable bonds is 3. The van der Waals surface area contributed by atoms with Gasteiger partial charge in [-0.2, -0.15) is 0 Å². The lowest BCUT2D eigenvalue weighted by atomic mass is 9.86. The maximum atomic E-state index is 11.2. The van der Waals surface area contributed by atoms with Gasteiger partial charge in [-0.1, -0.05) is 31.5 Å². The molecular formula is C14H19ClN2O2. The van der Waals surface area contributed by atoms with E-state index >= 15 is 0 Å². The van der Waals surface area contributed by atoms with E-state index in [1.54, 1.807) is 18.2 Å². The highest BCUT2D eigenvalue weighted by molar-refractivity contribution is 6.33. The van der Waals surface area contributed by atoms with Gasteiger partial charge in [0.15, 0.2) is 0 Å². The molecule has 0 N–H and O–H groups in total. The summed E-state index contributed by atoms with van der Waals surface area (Å²) in [7, 11) is 0. The summed E-state index contributed by atoms with van der Waals surface area (Å²) in [6.07, 6.45) is 2.17. The van der Waals surface area contributed by atoms with Crippen LogP contribution in [0.4, 0.5) is 11.4 Å². The van der Waals surface area contributed by atoms with Crippen LogP contribution >= 0.6 is 11.6 Å². The van der Waals surface area contributed by atoms with E-state index in [0.29, 0.717) is 11.6 Å². The van der Waals surface area contributed by atoms with E-state index in [1.807, 2.05) is 0 Å². The van der Waals surface area contributed by atoms with Crippen molar-refractivity contribution >= 4 is 23.0 Å². The molecule has 1 fully saturated rings. The summed E-state index contributed by atoms with van der Waals surface area (Å²) in [5, 5.41) is 11.4. The topological polar surface area (TPSA) is 46.4 Å². The minimum Gasteiger partial charge on any atom is -0.366 e. The van der Waals surface area contributed by atoms with Crippen LogP contribution in [0, 0.1) is 22.0 Å². The van der Waals surface area contributed by atoms with Crippen LogP contribution in [0.5, 0.6) is 0 Å². The number of nitro benzene ring substituents is 1. The highest BCUT2D eigenvalue weighted by Gasteiger charge is 2.27. The van der Waals surface area contributed by atoms with Crippen LogP contribution in [-0.4, -0.2) is 18.0 Å². The molecule has 1 aromatic rings. The quantitative estimate of drug-likeness (QED) is 0.619. The fourth-order valence-electron chi connectivity index (χ4n) is 2.75. The van der Waals surface area contributed by atoms with Gasteiger partial charge in [0.25, 0.3) is 0 Å². The van der Waals surface area contributed by atoms with E-state index in [9.17, 15) is 10.1 Å². The number of hydrogen-bond donors (Lipinski definition) is 0. The van der Waals surface area contributed by atoms with Gasteiger partial charge in [-0.3, -0.25) is 10.1 Å². The van der Waals surface area contributed by atoms with Crippen molar-refractivity contribution < 1.29 is 4.92 Å². The summed E-state index contributed by atoms with van der Waals surface area (Å²) in [4.78, 5) is 12.9. The number of nitro groups is 1. The molecule has 104 valence electrons. The lowest BCUT2D eigenvalue weighted by Gasteiger charge is -2.35. The standard InChI is InChI=1S/C14H19ClN2O2/c1-10(2)11-6-8-16(9-7-11)13-5-3-4-12(15)14(13)17(18)19/h3-5,10-11H,6-9H2,1-2H3. The normalized spacial score (nSPS) is 16.9. The second kappa shape index (κ2) is 5.78. The van der Waals surface area contributed by atoms with Crippen LogP contribution in [0.25, 0.3) is 0 Å². The SMILES string of the molecule is CC(C)C1CCN(c2cccc(Cl)c2[N+](=O)[O-])CC1. The largest absolute Gasteiger partial charge is 0.366 e. The summed E-state index contributed by atoms with van der Waals surface area (Å²) in [5.74, 6) is 1.39. The van der Waals surface area contributed by atoms with Crippen LogP contribution in [0.2, 0.25) is 5.02 Å². The van der Waals surface area contributed by atoms with E-state index in [-0.39, 0.29) is 15.6 Å². The molecule has 2 rings (SSSR count). The molecule has 1 aromatic carbocycles. The summed E-state index contributed by atoms with van der Waals surface area (Å²) in [6, 6.07) is 5.14. The van der Waals surface area contributed by atoms with Crippen molar-refractivity contribution in [2.75, 3.05) is 18.0 Å². The molecule has 0 atom stereocenters. The lowest BCUT2D eigenvalue weighted by molar-refractivity contribution is -0.384. The molecule has 1 aliphatic heterocycles. The molecule has 1 saturated heterocycles. The lowest BCUT2D eigenvalue weighted by Crippen LogP contribution is -2.35. The highest BCUT2D eigenvalue weighted by atomic mass is 35.5. The molecule has 4 nitrogen and oxygen atoms in total. The Morgan fingerprint density at radius 3 is 2.53 bits per heavy atom. The zero-order valence-electron chi connectivity index (χ0n) is 11.3. The van der Waals surface area contributed by atoms with Gasteiger partial charge >= 0.3 is 5.69 Å². The molecule has 0 spiro atoms. The average Bonchev–Trinajstić information content (AvgIpc) is 2.38. The summed E-state index contributed by atoms with van der Waals surface area (Å²) < 4.78 is 0. The molecule has 0 bridgehead atoms. The summed E-state index contributed by atoms with van der Waals surface area (Å²) in [5.41, 5.74) is 0.687. The second-order valence-electron chi connectivity index (χ2n) is 5.43. The van der Waals surface area contributed by atoms with E-state index in [0.717, 1.165) is 31.8 Å². The summed E-state index contributed by atoms with van der Waals surface area (Å²) >= 11 is 5.95. The molecule has 0 radical (unpaired) electrons. The van der Waals surface area contributed by atoms with Crippen molar-refractivity contribution in [2.45, 2.75) is 26.7 Å². The van der Waals surface area contributed by atoms with E-state index < -0.39 is 0 Å². The molecule has 0 aromatic heterocycles. The Balaban J connectivity index is 2.20. The first-order valence-corrected chi connectivity index (χ1v) is 7.06. The molecule has 0 amide bonds. The van der Waals surface area contributed by atoms with Crippen LogP contribution in [0.15, 0.2) is 18.2 Å². The first kappa shape index (κ1) is 14.1. The Bertz CT molecular complexity index is 469. The smallest absolute Gasteiger partial charge is 0.310 e. The molecular weight excluding hydrogens is 264 g/mol. The fourth-order valence-corrected chi connectivity index (χ4v) is 2.99. The maximum absolute atomic E-state index is 11.2. The third-order valence-corrected chi connectivity index (χ3v) is 4.28. The van der Waals surface area contributed by atoms with Gasteiger partial charge in [-0.05, 0) is 36.8 Å². The minimum atomic E-state index is -0.383. The van der Waals surface area contributed by atoms with Crippen molar-refractivity contribution in [2.24, 2.45) is 11.8 Å². The van der Waals surface area contributed by atoms with Gasteiger partial charge in [0.2, 0.25) is 0 Å². The number of para-hydroxylation sites is 1. The number of anilines is 1. The molecule has 0 aliphatic carbocycles. The Morgan fingerprint density at radius 1 is 1.37 bits per heavy atom. The van der Waals surface area contributed by atoms with Gasteiger partial charge in [0, 0.05) is 13.1 Å². The van der Waals surface area contributed by atoms with Gasteiger partial charge in [-0.15, -0.1) is 0 Å². The van der Waals surface area contributed by atoms with E-state index in [4.69, 9.17) is 11.6 Å². The van der Waals surface area contributed by atoms with E-state index in [1.165, 1.54) is 0 Å². The Kier molecular flexibility index (Phi) is 4.30. The minimum absolute atomic E-state index is 0.0344. The molecule has 5 heteroatoms. The van der Waals surface area contributed by atoms with Gasteiger partial charge in [0.1, 0.15) is 10.7 Å². The second-order valence-corrected chi connectivity index (χ2v) is 5.84. The Labute approximate surface area is 118 Å². The highest BCUT2D eigenvalue weighted by Crippen LogP contribution is 2.37. The fraction of sp³-hybridized carbons (Fsp3) is 0.571. The third-order valence-electron chi connectivity index (χ3n) is 3.97. The number of nitrogens with zero attached hydrogens (tertiary/aromatic N) is 2. The zero-order chi connectivity index (χ0) is 14.0. The predicted octanol–water partition coefficient (Wildman–Crippen LogP) is 4.12. The molecule has 0 unspecified atom stereocenters. The Hall–Kier alpha value is -1.29. The predicted molar refractivity (Wildman–Crippen MR) is 77.9 cm³/mol. The molecule has 1 heterocycles. The summed E-state index contributed by atoms with van der Waals surface area (Å²) in [6.45, 7) is 6.21. The van der Waals surface area contributed by atoms with Crippen LogP contribution in [0.1, 0.15) is 26.7 Å². The van der Waals surface area contributed by atoms with Crippen molar-refractivity contribution in [3.05, 3.63) is 33.3 Å². The molecule has 19 heavy (non-hydrogen) atoms. The van der Waals surface area contributed by atoms with Crippen molar-refractivity contribution in [3.63, 3.8) is 0 Å². The van der Waals surface area contributed by atoms with Crippen molar-refractivity contribution in [3.8, 4) is 0 Å². The first-order chi connectivity index (χ1) is 9.00.